The van der Waals surface area contributed by atoms with Gasteiger partial charge < -0.3 is 14.5 Å². The number of nitrogens with one attached hydrogen (secondary N) is 1. The molecule has 6 heteroatoms. The number of piperidine rings is 1. The molecule has 3 heterocycles. The fourth-order valence-corrected chi connectivity index (χ4v) is 4.13. The lowest BCUT2D eigenvalue weighted by Gasteiger charge is -2.31. The number of nitrogens with zero attached hydrogens (tertiary/aromatic N) is 3. The highest BCUT2D eigenvalue weighted by Crippen LogP contribution is 2.30. The molecule has 1 amide bonds. The van der Waals surface area contributed by atoms with Gasteiger partial charge in [0.05, 0.1) is 0 Å². The van der Waals surface area contributed by atoms with Crippen molar-refractivity contribution in [3.8, 4) is 0 Å². The van der Waals surface area contributed by atoms with Crippen molar-refractivity contribution in [2.45, 2.75) is 39.2 Å². The summed E-state index contributed by atoms with van der Waals surface area (Å²) >= 11 is 6.10. The number of likely N-dealkylation sites (tertiary alicyclic amines) is 1. The number of aryl methyl sites for hydroxylation is 2. The van der Waals surface area contributed by atoms with Crippen LogP contribution in [0.4, 0.5) is 0 Å². The van der Waals surface area contributed by atoms with Crippen LogP contribution in [0.2, 0.25) is 5.02 Å². The number of hydrogen-bond acceptors (Lipinski definition) is 2. The smallest absolute Gasteiger partial charge is 0.270 e. The van der Waals surface area contributed by atoms with Crippen LogP contribution in [0.25, 0.3) is 10.9 Å². The van der Waals surface area contributed by atoms with Crippen molar-refractivity contribution in [3.05, 3.63) is 52.7 Å². The Labute approximate surface area is 158 Å². The molecular formula is C20H23ClN4O. The third-order valence-electron chi connectivity index (χ3n) is 5.47. The average Bonchev–Trinajstić information content (AvgIpc) is 3.26. The first-order chi connectivity index (χ1) is 12.6. The van der Waals surface area contributed by atoms with Crippen LogP contribution in [-0.2, 0) is 6.54 Å². The summed E-state index contributed by atoms with van der Waals surface area (Å²) in [5.41, 5.74) is 2.60. The average molecular weight is 371 g/mol. The van der Waals surface area contributed by atoms with Crippen molar-refractivity contribution in [2.75, 3.05) is 13.1 Å². The van der Waals surface area contributed by atoms with Crippen molar-refractivity contribution in [1.29, 1.82) is 0 Å². The Kier molecular flexibility index (Phi) is 4.49. The summed E-state index contributed by atoms with van der Waals surface area (Å²) in [7, 11) is 0. The zero-order valence-corrected chi connectivity index (χ0v) is 15.9. The van der Waals surface area contributed by atoms with Crippen LogP contribution in [0.5, 0.6) is 0 Å². The van der Waals surface area contributed by atoms with Crippen LogP contribution in [0, 0.1) is 6.92 Å². The molecule has 1 aromatic carbocycles. The fraction of sp³-hybridized carbons (Fsp3) is 0.400. The lowest BCUT2D eigenvalue weighted by molar-refractivity contribution is 0.0704. The zero-order chi connectivity index (χ0) is 18.3. The molecule has 2 aromatic heterocycles. The van der Waals surface area contributed by atoms with Gasteiger partial charge in [-0.15, -0.1) is 0 Å². The summed E-state index contributed by atoms with van der Waals surface area (Å²) in [4.78, 5) is 22.8. The molecule has 1 fully saturated rings. The normalized spacial score (nSPS) is 15.7. The number of H-pyrrole nitrogens is 1. The third-order valence-corrected chi connectivity index (χ3v) is 5.70. The second kappa shape index (κ2) is 6.80. The summed E-state index contributed by atoms with van der Waals surface area (Å²) < 4.78 is 2.20. The number of imidazole rings is 1. The summed E-state index contributed by atoms with van der Waals surface area (Å²) in [6.45, 7) is 6.57. The number of aromatic amines is 1. The topological polar surface area (TPSA) is 53.9 Å². The predicted molar refractivity (Wildman–Crippen MR) is 104 cm³/mol. The molecule has 4 rings (SSSR count). The lowest BCUT2D eigenvalue weighted by Crippen LogP contribution is -2.38. The Morgan fingerprint density at radius 1 is 1.35 bits per heavy atom. The largest absolute Gasteiger partial charge is 0.350 e. The van der Waals surface area contributed by atoms with Gasteiger partial charge in [0.25, 0.3) is 5.91 Å². The highest BCUT2D eigenvalue weighted by molar-refractivity contribution is 6.31. The van der Waals surface area contributed by atoms with E-state index in [0.29, 0.717) is 16.6 Å². The highest BCUT2D eigenvalue weighted by Gasteiger charge is 2.28. The molecule has 3 aromatic rings. The zero-order valence-electron chi connectivity index (χ0n) is 15.1. The van der Waals surface area contributed by atoms with Gasteiger partial charge in [-0.1, -0.05) is 11.6 Å². The molecule has 0 spiro atoms. The van der Waals surface area contributed by atoms with Crippen molar-refractivity contribution in [1.82, 2.24) is 19.4 Å². The highest BCUT2D eigenvalue weighted by atomic mass is 35.5. The van der Waals surface area contributed by atoms with Gasteiger partial charge in [0.1, 0.15) is 11.5 Å². The molecule has 1 saturated heterocycles. The molecule has 5 nitrogen and oxygen atoms in total. The first-order valence-electron chi connectivity index (χ1n) is 9.16. The summed E-state index contributed by atoms with van der Waals surface area (Å²) in [6.07, 6.45) is 5.81. The van der Waals surface area contributed by atoms with E-state index in [-0.39, 0.29) is 5.91 Å². The number of carbonyl (C=O) groups excluding carboxylic acids is 1. The van der Waals surface area contributed by atoms with Gasteiger partial charge in [-0.25, -0.2) is 4.98 Å². The minimum Gasteiger partial charge on any atom is -0.350 e. The van der Waals surface area contributed by atoms with E-state index >= 15 is 0 Å². The Balaban J connectivity index is 1.51. The number of amides is 1. The van der Waals surface area contributed by atoms with Crippen LogP contribution >= 0.6 is 11.6 Å². The van der Waals surface area contributed by atoms with E-state index < -0.39 is 0 Å². The Morgan fingerprint density at radius 3 is 2.85 bits per heavy atom. The molecule has 0 unspecified atom stereocenters. The van der Waals surface area contributed by atoms with Crippen LogP contribution in [0.1, 0.15) is 47.6 Å². The van der Waals surface area contributed by atoms with Gasteiger partial charge in [0.15, 0.2) is 0 Å². The standard InChI is InChI=1S/C20H23ClN4O/c1-3-24-11-8-22-19(24)14-6-9-25(10-7-14)20(26)18-13(2)16-12-15(21)4-5-17(16)23-18/h4-5,8,11-12,14,23H,3,6-7,9-10H2,1-2H3. The number of halogens is 1. The number of carbonyl (C=O) groups is 1. The van der Waals surface area contributed by atoms with Crippen LogP contribution in [0.15, 0.2) is 30.6 Å². The van der Waals surface area contributed by atoms with E-state index in [0.717, 1.165) is 54.8 Å². The monoisotopic (exact) mass is 370 g/mol. The Hall–Kier alpha value is -2.27. The van der Waals surface area contributed by atoms with Crippen LogP contribution in [0.3, 0.4) is 0 Å². The molecule has 1 aliphatic heterocycles. The minimum absolute atomic E-state index is 0.0760. The summed E-state index contributed by atoms with van der Waals surface area (Å²) in [5.74, 6) is 1.65. The SMILES string of the molecule is CCn1ccnc1C1CCN(C(=O)c2[nH]c3ccc(Cl)cc3c2C)CC1. The number of rotatable bonds is 3. The molecule has 0 bridgehead atoms. The van der Waals surface area contributed by atoms with Gasteiger partial charge in [-0.3, -0.25) is 4.79 Å². The number of aromatic nitrogens is 3. The van der Waals surface area contributed by atoms with E-state index in [1.165, 1.54) is 0 Å². The summed E-state index contributed by atoms with van der Waals surface area (Å²) in [6, 6.07) is 5.68. The predicted octanol–water partition coefficient (Wildman–Crippen LogP) is 4.37. The number of hydrogen-bond donors (Lipinski definition) is 1. The maximum absolute atomic E-state index is 13.0. The molecule has 0 radical (unpaired) electrons. The molecular weight excluding hydrogens is 348 g/mol. The molecule has 136 valence electrons. The third kappa shape index (κ3) is 2.90. The molecule has 26 heavy (non-hydrogen) atoms. The Morgan fingerprint density at radius 2 is 2.12 bits per heavy atom. The lowest BCUT2D eigenvalue weighted by atomic mass is 9.95. The van der Waals surface area contributed by atoms with Crippen molar-refractivity contribution in [2.24, 2.45) is 0 Å². The van der Waals surface area contributed by atoms with Crippen molar-refractivity contribution in [3.63, 3.8) is 0 Å². The quantitative estimate of drug-likeness (QED) is 0.744. The van der Waals surface area contributed by atoms with Gasteiger partial charge in [-0.2, -0.15) is 0 Å². The maximum Gasteiger partial charge on any atom is 0.270 e. The minimum atomic E-state index is 0.0760. The molecule has 0 atom stereocenters. The van der Waals surface area contributed by atoms with E-state index in [9.17, 15) is 4.79 Å². The van der Waals surface area contributed by atoms with E-state index in [1.807, 2.05) is 42.4 Å². The number of benzene rings is 1. The van der Waals surface area contributed by atoms with Crippen molar-refractivity contribution < 1.29 is 4.79 Å². The molecule has 1 aliphatic rings. The van der Waals surface area contributed by atoms with Gasteiger partial charge in [-0.05, 0) is 50.5 Å². The van der Waals surface area contributed by atoms with Crippen LogP contribution in [-0.4, -0.2) is 38.4 Å². The van der Waals surface area contributed by atoms with Gasteiger partial charge in [0.2, 0.25) is 0 Å². The van der Waals surface area contributed by atoms with E-state index in [2.05, 4.69) is 21.5 Å². The van der Waals surface area contributed by atoms with E-state index in [4.69, 9.17) is 11.6 Å². The Bertz CT molecular complexity index is 950. The molecule has 0 saturated carbocycles. The van der Waals surface area contributed by atoms with Crippen molar-refractivity contribution >= 4 is 28.4 Å². The maximum atomic E-state index is 13.0. The summed E-state index contributed by atoms with van der Waals surface area (Å²) in [5, 5.41) is 1.70. The molecule has 0 aliphatic carbocycles. The van der Waals surface area contributed by atoms with E-state index in [1.54, 1.807) is 0 Å². The first kappa shape index (κ1) is 17.2. The van der Waals surface area contributed by atoms with Gasteiger partial charge >= 0.3 is 0 Å². The molecule has 1 N–H and O–H groups in total. The fourth-order valence-electron chi connectivity index (χ4n) is 3.96. The second-order valence-corrected chi connectivity index (χ2v) is 7.39. The second-order valence-electron chi connectivity index (χ2n) is 6.95. The van der Waals surface area contributed by atoms with Gasteiger partial charge in [0, 0.05) is 53.9 Å². The first-order valence-corrected chi connectivity index (χ1v) is 9.54. The van der Waals surface area contributed by atoms with Crippen LogP contribution < -0.4 is 0 Å². The number of fused-ring (bicyclic) bond motifs is 1.